The van der Waals surface area contributed by atoms with Gasteiger partial charge in [-0.15, -0.1) is 0 Å². The molecule has 1 amide bonds. The van der Waals surface area contributed by atoms with E-state index in [1.165, 1.54) is 7.11 Å². The lowest BCUT2D eigenvalue weighted by Gasteiger charge is -2.37. The van der Waals surface area contributed by atoms with E-state index in [0.29, 0.717) is 24.6 Å². The van der Waals surface area contributed by atoms with Crippen molar-refractivity contribution in [1.29, 1.82) is 0 Å². The molecule has 1 heterocycles. The Bertz CT molecular complexity index is 1480. The number of quaternary nitrogens is 1. The average molecular weight is 541 g/mol. The molecular formula is C33H38N3O4+. The highest BCUT2D eigenvalue weighted by molar-refractivity contribution is 5.95. The highest BCUT2D eigenvalue weighted by atomic mass is 16.5. The third-order valence-corrected chi connectivity index (χ3v) is 7.29. The molecule has 0 bridgehead atoms. The molecule has 0 fully saturated rings. The van der Waals surface area contributed by atoms with E-state index in [1.54, 1.807) is 18.2 Å². The third-order valence-electron chi connectivity index (χ3n) is 7.29. The summed E-state index contributed by atoms with van der Waals surface area (Å²) in [6, 6.07) is 24.4. The van der Waals surface area contributed by atoms with Gasteiger partial charge in [0.1, 0.15) is 13.2 Å². The number of amides is 1. The Morgan fingerprint density at radius 1 is 0.975 bits per heavy atom. The summed E-state index contributed by atoms with van der Waals surface area (Å²) in [7, 11) is 5.35. The predicted octanol–water partition coefficient (Wildman–Crippen LogP) is 5.71. The second-order valence-corrected chi connectivity index (χ2v) is 10.6. The number of carbonyl (C=O) groups excluding carboxylic acids is 2. The van der Waals surface area contributed by atoms with Gasteiger partial charge in [-0.1, -0.05) is 67.9 Å². The fraction of sp³-hybridized carbons (Fsp3) is 0.303. The van der Waals surface area contributed by atoms with Gasteiger partial charge in [-0.05, 0) is 53.6 Å². The number of rotatable bonds is 12. The minimum atomic E-state index is -0.675. The van der Waals surface area contributed by atoms with Gasteiger partial charge in [0.05, 0.1) is 21.2 Å². The Balaban J connectivity index is 1.66. The number of unbranched alkanes of at least 4 members (excludes halogenated alkanes) is 1. The number of ether oxygens (including phenoxy) is 2. The van der Waals surface area contributed by atoms with Crippen LogP contribution in [0.1, 0.15) is 47.4 Å². The predicted molar refractivity (Wildman–Crippen MR) is 158 cm³/mol. The van der Waals surface area contributed by atoms with Gasteiger partial charge >= 0.3 is 5.97 Å². The van der Waals surface area contributed by atoms with Gasteiger partial charge in [-0.25, -0.2) is 9.78 Å². The Labute approximate surface area is 236 Å². The smallest absolute Gasteiger partial charge is 0.369 e. The first kappa shape index (κ1) is 28.8. The van der Waals surface area contributed by atoms with Crippen molar-refractivity contribution in [3.8, 4) is 17.0 Å². The zero-order valence-corrected chi connectivity index (χ0v) is 23.7. The molecule has 0 saturated carbocycles. The van der Waals surface area contributed by atoms with Crippen molar-refractivity contribution in [2.75, 3.05) is 34.4 Å². The second kappa shape index (κ2) is 12.7. The SMILES string of the molecule is CCCCc1cc2ccccc2c(OCC[N+](C)(C)[C@H](C(=O)OC)c2ccc(C(N)=O)cc2-c2ccccc2)n1. The standard InChI is InChI=1S/C33H37N3O4/c1-5-6-15-26-21-24-14-10-11-16-27(24)32(35-26)40-20-19-36(2,3)30(33(38)39-4)28-18-17-25(31(34)37)22-29(28)23-12-8-7-9-13-23/h7-14,16-18,21-22,30H,5-6,15,19-20H2,1-4H3,(H-,34,37)/p+1/t30-/m0/s1. The minimum absolute atomic E-state index is 0.260. The van der Waals surface area contributed by atoms with E-state index in [9.17, 15) is 9.59 Å². The molecule has 7 heteroatoms. The third kappa shape index (κ3) is 6.49. The fourth-order valence-electron chi connectivity index (χ4n) is 5.04. The molecule has 0 aliphatic rings. The van der Waals surface area contributed by atoms with Crippen LogP contribution in [-0.2, 0) is 16.0 Å². The van der Waals surface area contributed by atoms with E-state index in [4.69, 9.17) is 20.2 Å². The number of pyridine rings is 1. The summed E-state index contributed by atoms with van der Waals surface area (Å²) >= 11 is 0. The summed E-state index contributed by atoms with van der Waals surface area (Å²) in [5, 5.41) is 2.06. The Hall–Kier alpha value is -4.23. The Kier molecular flexibility index (Phi) is 9.17. The first-order valence-corrected chi connectivity index (χ1v) is 13.7. The van der Waals surface area contributed by atoms with Gasteiger partial charge in [-0.2, -0.15) is 0 Å². The number of hydrogen-bond acceptors (Lipinski definition) is 5. The number of nitrogens with two attached hydrogens (primary N) is 1. The molecule has 4 rings (SSSR count). The summed E-state index contributed by atoms with van der Waals surface area (Å²) in [5.74, 6) is -0.296. The maximum absolute atomic E-state index is 13.3. The lowest BCUT2D eigenvalue weighted by Crippen LogP contribution is -2.49. The highest BCUT2D eigenvalue weighted by Crippen LogP contribution is 2.36. The topological polar surface area (TPSA) is 91.5 Å². The van der Waals surface area contributed by atoms with Crippen molar-refractivity contribution in [3.05, 3.63) is 95.7 Å². The van der Waals surface area contributed by atoms with Crippen LogP contribution in [0.2, 0.25) is 0 Å². The van der Waals surface area contributed by atoms with Crippen LogP contribution in [-0.4, -0.2) is 55.7 Å². The molecule has 1 aromatic heterocycles. The molecule has 1 atom stereocenters. The molecule has 0 unspecified atom stereocenters. The number of fused-ring (bicyclic) bond motifs is 1. The summed E-state index contributed by atoms with van der Waals surface area (Å²) < 4.78 is 11.9. The molecule has 0 radical (unpaired) electrons. The van der Waals surface area contributed by atoms with Crippen molar-refractivity contribution < 1.29 is 23.5 Å². The molecule has 4 aromatic rings. The summed E-state index contributed by atoms with van der Waals surface area (Å²) in [5.41, 5.74) is 9.38. The number of esters is 1. The molecule has 0 saturated heterocycles. The fourth-order valence-corrected chi connectivity index (χ4v) is 5.04. The van der Waals surface area contributed by atoms with Crippen LogP contribution in [0.15, 0.2) is 78.9 Å². The van der Waals surface area contributed by atoms with Gasteiger partial charge in [0, 0.05) is 22.2 Å². The molecule has 0 aliphatic carbocycles. The molecule has 0 aliphatic heterocycles. The molecule has 208 valence electrons. The largest absolute Gasteiger partial charge is 0.471 e. The highest BCUT2D eigenvalue weighted by Gasteiger charge is 2.39. The maximum atomic E-state index is 13.3. The maximum Gasteiger partial charge on any atom is 0.369 e. The lowest BCUT2D eigenvalue weighted by atomic mass is 9.91. The van der Waals surface area contributed by atoms with E-state index in [-0.39, 0.29) is 10.5 Å². The van der Waals surface area contributed by atoms with Crippen molar-refractivity contribution in [3.63, 3.8) is 0 Å². The number of carbonyl (C=O) groups is 2. The van der Waals surface area contributed by atoms with Crippen molar-refractivity contribution in [2.45, 2.75) is 32.2 Å². The van der Waals surface area contributed by atoms with Crippen LogP contribution in [0.25, 0.3) is 21.9 Å². The van der Waals surface area contributed by atoms with Crippen LogP contribution in [0, 0.1) is 0 Å². The normalized spacial score (nSPS) is 12.2. The van der Waals surface area contributed by atoms with E-state index in [2.05, 4.69) is 19.1 Å². The minimum Gasteiger partial charge on any atom is -0.471 e. The van der Waals surface area contributed by atoms with Gasteiger partial charge in [0.15, 0.2) is 0 Å². The second-order valence-electron chi connectivity index (χ2n) is 10.6. The van der Waals surface area contributed by atoms with E-state index in [0.717, 1.165) is 52.4 Å². The van der Waals surface area contributed by atoms with Gasteiger partial charge in [0.2, 0.25) is 17.8 Å². The molecule has 40 heavy (non-hydrogen) atoms. The molecular weight excluding hydrogens is 502 g/mol. The van der Waals surface area contributed by atoms with Gasteiger partial charge in [-0.3, -0.25) is 4.79 Å². The number of aromatic nitrogens is 1. The van der Waals surface area contributed by atoms with Crippen LogP contribution in [0.5, 0.6) is 5.88 Å². The van der Waals surface area contributed by atoms with Crippen molar-refractivity contribution in [1.82, 2.24) is 4.98 Å². The van der Waals surface area contributed by atoms with E-state index < -0.39 is 11.9 Å². The van der Waals surface area contributed by atoms with Crippen LogP contribution >= 0.6 is 0 Å². The first-order chi connectivity index (χ1) is 19.2. The summed E-state index contributed by atoms with van der Waals surface area (Å²) in [6.45, 7) is 3.01. The monoisotopic (exact) mass is 540 g/mol. The van der Waals surface area contributed by atoms with Crippen LogP contribution in [0.4, 0.5) is 0 Å². The molecule has 0 spiro atoms. The van der Waals surface area contributed by atoms with Crippen molar-refractivity contribution in [2.24, 2.45) is 5.73 Å². The zero-order chi connectivity index (χ0) is 28.7. The number of primary amides is 1. The number of aryl methyl sites for hydroxylation is 1. The first-order valence-electron chi connectivity index (χ1n) is 13.7. The number of nitrogens with zero attached hydrogens (tertiary/aromatic N) is 2. The number of hydrogen-bond donors (Lipinski definition) is 1. The summed E-state index contributed by atoms with van der Waals surface area (Å²) in [4.78, 5) is 30.2. The zero-order valence-electron chi connectivity index (χ0n) is 23.7. The number of methoxy groups -OCH3 is 1. The van der Waals surface area contributed by atoms with Crippen LogP contribution in [0.3, 0.4) is 0 Å². The van der Waals surface area contributed by atoms with Gasteiger partial charge < -0.3 is 19.7 Å². The Morgan fingerprint density at radius 2 is 1.70 bits per heavy atom. The summed E-state index contributed by atoms with van der Waals surface area (Å²) in [6.07, 6.45) is 3.05. The quantitative estimate of drug-likeness (QED) is 0.184. The average Bonchev–Trinajstić information content (AvgIpc) is 2.96. The molecule has 7 nitrogen and oxygen atoms in total. The number of likely N-dealkylation sites (N-methyl/N-ethyl adjacent to an activating group) is 1. The van der Waals surface area contributed by atoms with Gasteiger partial charge in [0.25, 0.3) is 0 Å². The molecule has 3 aromatic carbocycles. The number of benzene rings is 3. The lowest BCUT2D eigenvalue weighted by molar-refractivity contribution is -0.912. The van der Waals surface area contributed by atoms with Crippen molar-refractivity contribution >= 4 is 22.6 Å². The Morgan fingerprint density at radius 3 is 2.40 bits per heavy atom. The van der Waals surface area contributed by atoms with E-state index in [1.807, 2.05) is 62.6 Å². The van der Waals surface area contributed by atoms with E-state index >= 15 is 0 Å². The van der Waals surface area contributed by atoms with Crippen LogP contribution < -0.4 is 10.5 Å². The molecule has 2 N–H and O–H groups in total.